The molecule has 4 saturated carbocycles. The highest BCUT2D eigenvalue weighted by Crippen LogP contribution is 2.67. The van der Waals surface area contributed by atoms with E-state index in [-0.39, 0.29) is 11.5 Å². The molecule has 4 rings (SSSR count). The Morgan fingerprint density at radius 3 is 2.20 bits per heavy atom. The summed E-state index contributed by atoms with van der Waals surface area (Å²) in [4.78, 5) is 12.2. The Hall–Kier alpha value is -0.370. The molecule has 4 aliphatic rings. The van der Waals surface area contributed by atoms with E-state index in [0.29, 0.717) is 17.1 Å². The number of hydrogen-bond acceptors (Lipinski definition) is 2. The molecular weight excluding hydrogens is 308 g/mol. The molecular formula is C23H40O2. The van der Waals surface area contributed by atoms with Gasteiger partial charge in [-0.2, -0.15) is 0 Å². The molecule has 2 heteroatoms. The Morgan fingerprint density at radius 1 is 0.880 bits per heavy atom. The third kappa shape index (κ3) is 2.91. The summed E-state index contributed by atoms with van der Waals surface area (Å²) in [6.45, 7) is 10.8. The van der Waals surface area contributed by atoms with E-state index in [9.17, 15) is 9.90 Å². The first kappa shape index (κ1) is 19.4. The van der Waals surface area contributed by atoms with Crippen molar-refractivity contribution in [3.63, 3.8) is 0 Å². The number of carbonyl (C=O) groups is 1. The van der Waals surface area contributed by atoms with E-state index in [1.807, 2.05) is 20.8 Å². The van der Waals surface area contributed by atoms with Crippen LogP contribution in [-0.2, 0) is 4.79 Å². The molecule has 4 fully saturated rings. The Bertz CT molecular complexity index is 500. The molecule has 0 amide bonds. The summed E-state index contributed by atoms with van der Waals surface area (Å²) in [6, 6.07) is 0. The summed E-state index contributed by atoms with van der Waals surface area (Å²) in [6.07, 6.45) is 10.9. The van der Waals surface area contributed by atoms with Gasteiger partial charge in [0.15, 0.2) is 0 Å². The topological polar surface area (TPSA) is 37.3 Å². The highest BCUT2D eigenvalue weighted by atomic mass is 16.3. The van der Waals surface area contributed by atoms with Crippen LogP contribution in [0.2, 0.25) is 0 Å². The van der Waals surface area contributed by atoms with E-state index < -0.39 is 0 Å². The number of ketones is 1. The lowest BCUT2D eigenvalue weighted by Gasteiger charge is -2.60. The van der Waals surface area contributed by atoms with Crippen LogP contribution in [0.3, 0.4) is 0 Å². The van der Waals surface area contributed by atoms with Crippen LogP contribution in [0.1, 0.15) is 92.4 Å². The van der Waals surface area contributed by atoms with Gasteiger partial charge in [0.05, 0.1) is 6.10 Å². The van der Waals surface area contributed by atoms with Gasteiger partial charge in [-0.1, -0.05) is 27.7 Å². The maximum absolute atomic E-state index is 12.2. The van der Waals surface area contributed by atoms with Crippen LogP contribution in [0.5, 0.6) is 0 Å². The molecule has 0 saturated heterocycles. The number of Topliss-reactive ketones (excluding diaryl/α,β-unsaturated/α-hetero) is 1. The molecule has 6 unspecified atom stereocenters. The molecule has 0 bridgehead atoms. The Kier molecular flexibility index (Phi) is 5.42. The lowest BCUT2D eigenvalue weighted by atomic mass is 9.44. The summed E-state index contributed by atoms with van der Waals surface area (Å²) in [5, 5.41) is 10.1. The normalized spacial score (nSPS) is 51.4. The number of aliphatic hydroxyl groups excluding tert-OH is 1. The molecule has 144 valence electrons. The minimum atomic E-state index is -0.0490. The van der Waals surface area contributed by atoms with Crippen molar-refractivity contribution in [3.05, 3.63) is 0 Å². The number of carbonyl (C=O) groups excluding carboxylic acids is 1. The number of rotatable bonds is 1. The molecule has 1 N–H and O–H groups in total. The van der Waals surface area contributed by atoms with E-state index in [1.165, 1.54) is 38.5 Å². The van der Waals surface area contributed by atoms with Gasteiger partial charge in [-0.25, -0.2) is 0 Å². The fourth-order valence-electron chi connectivity index (χ4n) is 7.90. The average molecular weight is 349 g/mol. The third-order valence-corrected chi connectivity index (χ3v) is 9.13. The van der Waals surface area contributed by atoms with Crippen LogP contribution < -0.4 is 0 Å². The minimum Gasteiger partial charge on any atom is -0.393 e. The lowest BCUT2D eigenvalue weighted by molar-refractivity contribution is -0.138. The monoisotopic (exact) mass is 348 g/mol. The average Bonchev–Trinajstić information content (AvgIpc) is 2.95. The van der Waals surface area contributed by atoms with Crippen LogP contribution in [0.25, 0.3) is 0 Å². The Labute approximate surface area is 155 Å². The zero-order chi connectivity index (χ0) is 18.4. The molecule has 0 radical (unpaired) electrons. The van der Waals surface area contributed by atoms with Gasteiger partial charge in [-0.3, -0.25) is 4.79 Å². The third-order valence-electron chi connectivity index (χ3n) is 9.13. The predicted octanol–water partition coefficient (Wildman–Crippen LogP) is 5.62. The van der Waals surface area contributed by atoms with Gasteiger partial charge < -0.3 is 5.11 Å². The first-order valence-electron chi connectivity index (χ1n) is 11.0. The van der Waals surface area contributed by atoms with Gasteiger partial charge in [-0.05, 0) is 99.2 Å². The van der Waals surface area contributed by atoms with Gasteiger partial charge >= 0.3 is 0 Å². The molecule has 0 aromatic rings. The largest absolute Gasteiger partial charge is 0.393 e. The number of hydrogen-bond donors (Lipinski definition) is 1. The maximum Gasteiger partial charge on any atom is 0.133 e. The van der Waals surface area contributed by atoms with Crippen molar-refractivity contribution in [1.29, 1.82) is 0 Å². The van der Waals surface area contributed by atoms with Crippen LogP contribution in [0, 0.1) is 40.4 Å². The van der Waals surface area contributed by atoms with E-state index in [1.54, 1.807) is 0 Å². The zero-order valence-electron chi connectivity index (χ0n) is 17.2. The van der Waals surface area contributed by atoms with Crippen LogP contribution in [0.15, 0.2) is 0 Å². The maximum atomic E-state index is 12.2. The molecule has 0 heterocycles. The fraction of sp³-hybridized carbons (Fsp3) is 0.957. The fourth-order valence-corrected chi connectivity index (χ4v) is 7.90. The molecule has 0 aromatic heterocycles. The highest BCUT2D eigenvalue weighted by Gasteiger charge is 2.60. The van der Waals surface area contributed by atoms with Crippen molar-refractivity contribution in [2.75, 3.05) is 0 Å². The number of aliphatic hydroxyl groups is 1. The standard InChI is InChI=1S/C21H34O2.C2H6/c1-13(22)17-6-7-18-16-5-4-14-12-15(23)8-10-20(14,2)19(16)9-11-21(17,18)3;1-2/h14-19,23H,4-12H2,1-3H3;1-2H3/t14?,15?,16?,17-,18?,19?,20+,21?;/m1./s1. The number of fused-ring (bicyclic) bond motifs is 5. The zero-order valence-corrected chi connectivity index (χ0v) is 17.2. The van der Waals surface area contributed by atoms with Crippen LogP contribution >= 0.6 is 0 Å². The first-order chi connectivity index (χ1) is 11.9. The van der Waals surface area contributed by atoms with Crippen molar-refractivity contribution in [1.82, 2.24) is 0 Å². The smallest absolute Gasteiger partial charge is 0.133 e. The summed E-state index contributed by atoms with van der Waals surface area (Å²) in [5.41, 5.74) is 0.738. The van der Waals surface area contributed by atoms with E-state index in [4.69, 9.17) is 0 Å². The van der Waals surface area contributed by atoms with E-state index >= 15 is 0 Å². The van der Waals surface area contributed by atoms with Crippen molar-refractivity contribution >= 4 is 5.78 Å². The minimum absolute atomic E-state index is 0.0490. The summed E-state index contributed by atoms with van der Waals surface area (Å²) >= 11 is 0. The van der Waals surface area contributed by atoms with Crippen molar-refractivity contribution < 1.29 is 9.90 Å². The molecule has 0 spiro atoms. The van der Waals surface area contributed by atoms with Crippen LogP contribution in [0.4, 0.5) is 0 Å². The lowest BCUT2D eigenvalue weighted by Crippen LogP contribution is -2.54. The second kappa shape index (κ2) is 6.98. The summed E-state index contributed by atoms with van der Waals surface area (Å²) in [7, 11) is 0. The predicted molar refractivity (Wildman–Crippen MR) is 103 cm³/mol. The molecule has 4 aliphatic carbocycles. The second-order valence-electron chi connectivity index (χ2n) is 9.87. The highest BCUT2D eigenvalue weighted by molar-refractivity contribution is 5.79. The van der Waals surface area contributed by atoms with Gasteiger partial charge in [0.1, 0.15) is 5.78 Å². The second-order valence-corrected chi connectivity index (χ2v) is 9.87. The Balaban J connectivity index is 0.000000880. The molecule has 0 aromatic carbocycles. The van der Waals surface area contributed by atoms with Gasteiger partial charge in [0.2, 0.25) is 0 Å². The SMILES string of the molecule is CC.CC(=O)[C@H]1CCC2C3CCC4CC(O)CC[C@]4(C)C3CCC21C. The molecule has 8 atom stereocenters. The van der Waals surface area contributed by atoms with E-state index in [2.05, 4.69) is 13.8 Å². The van der Waals surface area contributed by atoms with Gasteiger partial charge in [0, 0.05) is 5.92 Å². The summed E-state index contributed by atoms with van der Waals surface area (Å²) < 4.78 is 0. The summed E-state index contributed by atoms with van der Waals surface area (Å²) in [5.74, 6) is 3.97. The van der Waals surface area contributed by atoms with Gasteiger partial charge in [-0.15, -0.1) is 0 Å². The van der Waals surface area contributed by atoms with Gasteiger partial charge in [0.25, 0.3) is 0 Å². The van der Waals surface area contributed by atoms with Crippen molar-refractivity contribution in [3.8, 4) is 0 Å². The van der Waals surface area contributed by atoms with E-state index in [0.717, 1.165) is 42.9 Å². The Morgan fingerprint density at radius 2 is 1.52 bits per heavy atom. The first-order valence-corrected chi connectivity index (χ1v) is 11.0. The van der Waals surface area contributed by atoms with Crippen LogP contribution in [-0.4, -0.2) is 17.0 Å². The quantitative estimate of drug-likeness (QED) is 0.667. The molecule has 2 nitrogen and oxygen atoms in total. The molecule has 25 heavy (non-hydrogen) atoms. The van der Waals surface area contributed by atoms with Crippen molar-refractivity contribution in [2.24, 2.45) is 40.4 Å². The molecule has 0 aliphatic heterocycles. The van der Waals surface area contributed by atoms with Crippen molar-refractivity contribution in [2.45, 2.75) is 98.5 Å².